The molecule has 0 rings (SSSR count). The normalized spacial score (nSPS) is 11.9. The van der Waals surface area contributed by atoms with E-state index in [9.17, 15) is 9.59 Å². The van der Waals surface area contributed by atoms with Crippen LogP contribution < -0.4 is 10.7 Å². The Hall–Kier alpha value is -1.30. The van der Waals surface area contributed by atoms with E-state index in [1.54, 1.807) is 41.7 Å². The maximum Gasteiger partial charge on any atom is 0.426 e. The summed E-state index contributed by atoms with van der Waals surface area (Å²) in [5, 5.41) is 3.98. The maximum atomic E-state index is 11.9. The Morgan fingerprint density at radius 1 is 1.12 bits per heavy atom. The lowest BCUT2D eigenvalue weighted by Crippen LogP contribution is -2.57. The number of hydrogen-bond acceptors (Lipinski definition) is 4. The van der Waals surface area contributed by atoms with Gasteiger partial charge in [-0.3, -0.25) is 9.80 Å². The van der Waals surface area contributed by atoms with E-state index in [-0.39, 0.29) is 5.91 Å². The molecule has 0 radical (unpaired) electrons. The van der Waals surface area contributed by atoms with E-state index in [0.29, 0.717) is 0 Å². The Balaban J connectivity index is 4.41. The SMILES string of the molecule is CNC(C)(C)C(=O)N(C)NC(=O)OC(C)(C)C. The molecule has 0 heterocycles. The summed E-state index contributed by atoms with van der Waals surface area (Å²) in [5.74, 6) is -0.258. The second-order valence-corrected chi connectivity index (χ2v) is 5.35. The Morgan fingerprint density at radius 3 is 1.94 bits per heavy atom. The third-order valence-corrected chi connectivity index (χ3v) is 2.12. The molecule has 0 aromatic rings. The van der Waals surface area contributed by atoms with E-state index < -0.39 is 17.2 Å². The zero-order chi connectivity index (χ0) is 13.9. The monoisotopic (exact) mass is 245 g/mol. The van der Waals surface area contributed by atoms with Gasteiger partial charge in [0, 0.05) is 7.05 Å². The molecule has 0 unspecified atom stereocenters. The summed E-state index contributed by atoms with van der Waals surface area (Å²) in [7, 11) is 3.16. The summed E-state index contributed by atoms with van der Waals surface area (Å²) in [6, 6.07) is 0. The van der Waals surface area contributed by atoms with Crippen molar-refractivity contribution in [3.05, 3.63) is 0 Å². The molecule has 0 bridgehead atoms. The van der Waals surface area contributed by atoms with E-state index in [4.69, 9.17) is 4.74 Å². The molecule has 0 fully saturated rings. The van der Waals surface area contributed by atoms with E-state index in [2.05, 4.69) is 10.7 Å². The van der Waals surface area contributed by atoms with Crippen LogP contribution in [0.25, 0.3) is 0 Å². The number of amides is 2. The van der Waals surface area contributed by atoms with Gasteiger partial charge in [-0.05, 0) is 41.7 Å². The van der Waals surface area contributed by atoms with Crippen molar-refractivity contribution in [3.8, 4) is 0 Å². The predicted octanol–water partition coefficient (Wildman–Crippen LogP) is 0.882. The van der Waals surface area contributed by atoms with Crippen molar-refractivity contribution < 1.29 is 14.3 Å². The van der Waals surface area contributed by atoms with Gasteiger partial charge in [-0.1, -0.05) is 0 Å². The summed E-state index contributed by atoms with van der Waals surface area (Å²) in [6.45, 7) is 8.72. The highest BCUT2D eigenvalue weighted by Crippen LogP contribution is 2.08. The number of hydrogen-bond donors (Lipinski definition) is 2. The Labute approximate surface area is 103 Å². The van der Waals surface area contributed by atoms with Gasteiger partial charge in [0.2, 0.25) is 0 Å². The maximum absolute atomic E-state index is 11.9. The first-order valence-electron chi connectivity index (χ1n) is 5.46. The molecule has 2 amide bonds. The molecule has 0 aliphatic heterocycles. The third kappa shape index (κ3) is 5.53. The van der Waals surface area contributed by atoms with Crippen LogP contribution in [-0.2, 0) is 9.53 Å². The molecule has 100 valence electrons. The fourth-order valence-electron chi connectivity index (χ4n) is 1.01. The van der Waals surface area contributed by atoms with Crippen LogP contribution >= 0.6 is 0 Å². The number of rotatable bonds is 2. The Bertz CT molecular complexity index is 295. The highest BCUT2D eigenvalue weighted by molar-refractivity contribution is 5.86. The highest BCUT2D eigenvalue weighted by atomic mass is 16.6. The molecule has 0 aromatic heterocycles. The standard InChI is InChI=1S/C11H23N3O3/c1-10(2,3)17-9(16)13-14(7)8(15)11(4,5)12-6/h12H,1-7H3,(H,13,16). The van der Waals surface area contributed by atoms with E-state index in [1.807, 2.05) is 0 Å². The fourth-order valence-corrected chi connectivity index (χ4v) is 1.01. The summed E-state index contributed by atoms with van der Waals surface area (Å²) in [4.78, 5) is 23.3. The largest absolute Gasteiger partial charge is 0.443 e. The molecular weight excluding hydrogens is 222 g/mol. The first kappa shape index (κ1) is 15.7. The molecule has 0 saturated carbocycles. The highest BCUT2D eigenvalue weighted by Gasteiger charge is 2.30. The van der Waals surface area contributed by atoms with Crippen LogP contribution in [0.3, 0.4) is 0 Å². The minimum absolute atomic E-state index is 0.258. The average Bonchev–Trinajstić information content (AvgIpc) is 2.13. The van der Waals surface area contributed by atoms with Gasteiger partial charge in [0.1, 0.15) is 5.60 Å². The number of carbonyl (C=O) groups is 2. The van der Waals surface area contributed by atoms with E-state index >= 15 is 0 Å². The van der Waals surface area contributed by atoms with E-state index in [1.165, 1.54) is 7.05 Å². The van der Waals surface area contributed by atoms with Gasteiger partial charge in [-0.25, -0.2) is 10.2 Å². The number of likely N-dealkylation sites (N-methyl/N-ethyl adjacent to an activating group) is 2. The molecule has 6 nitrogen and oxygen atoms in total. The number of nitrogens with zero attached hydrogens (tertiary/aromatic N) is 1. The number of nitrogens with one attached hydrogen (secondary N) is 2. The average molecular weight is 245 g/mol. The number of hydrazine groups is 1. The molecule has 0 aromatic carbocycles. The van der Waals surface area contributed by atoms with Crippen LogP contribution in [-0.4, -0.2) is 42.2 Å². The van der Waals surface area contributed by atoms with Crippen LogP contribution in [0.1, 0.15) is 34.6 Å². The minimum atomic E-state index is -0.746. The van der Waals surface area contributed by atoms with Crippen molar-refractivity contribution in [1.82, 2.24) is 15.8 Å². The molecule has 0 aliphatic carbocycles. The number of carbonyl (C=O) groups excluding carboxylic acids is 2. The smallest absolute Gasteiger partial charge is 0.426 e. The molecule has 6 heteroatoms. The molecule has 0 saturated heterocycles. The second-order valence-electron chi connectivity index (χ2n) is 5.35. The van der Waals surface area contributed by atoms with Crippen LogP contribution in [0, 0.1) is 0 Å². The van der Waals surface area contributed by atoms with Gasteiger partial charge in [0.15, 0.2) is 0 Å². The van der Waals surface area contributed by atoms with Crippen molar-refractivity contribution >= 4 is 12.0 Å². The topological polar surface area (TPSA) is 70.7 Å². The van der Waals surface area contributed by atoms with Crippen molar-refractivity contribution in [3.63, 3.8) is 0 Å². The predicted molar refractivity (Wildman–Crippen MR) is 65.3 cm³/mol. The first-order valence-corrected chi connectivity index (χ1v) is 5.46. The number of ether oxygens (including phenoxy) is 1. The zero-order valence-electron chi connectivity index (χ0n) is 11.7. The van der Waals surface area contributed by atoms with Gasteiger partial charge in [-0.15, -0.1) is 0 Å². The summed E-state index contributed by atoms with van der Waals surface area (Å²) in [5.41, 5.74) is 1.02. The molecule has 0 aliphatic rings. The summed E-state index contributed by atoms with van der Waals surface area (Å²) >= 11 is 0. The molecular formula is C11H23N3O3. The van der Waals surface area contributed by atoms with Gasteiger partial charge in [0.25, 0.3) is 5.91 Å². The van der Waals surface area contributed by atoms with Crippen LogP contribution in [0.15, 0.2) is 0 Å². The van der Waals surface area contributed by atoms with Crippen molar-refractivity contribution in [2.24, 2.45) is 0 Å². The van der Waals surface area contributed by atoms with Crippen LogP contribution in [0.5, 0.6) is 0 Å². The van der Waals surface area contributed by atoms with Crippen molar-refractivity contribution in [2.75, 3.05) is 14.1 Å². The van der Waals surface area contributed by atoms with Gasteiger partial charge in [-0.2, -0.15) is 0 Å². The molecule has 0 atom stereocenters. The fraction of sp³-hybridized carbons (Fsp3) is 0.818. The lowest BCUT2D eigenvalue weighted by molar-refractivity contribution is -0.138. The quantitative estimate of drug-likeness (QED) is 0.709. The second kappa shape index (κ2) is 5.35. The Kier molecular flexibility index (Phi) is 4.94. The molecule has 0 spiro atoms. The lowest BCUT2D eigenvalue weighted by Gasteiger charge is -2.29. The van der Waals surface area contributed by atoms with Gasteiger partial charge >= 0.3 is 6.09 Å². The minimum Gasteiger partial charge on any atom is -0.443 e. The van der Waals surface area contributed by atoms with Gasteiger partial charge < -0.3 is 10.1 Å². The third-order valence-electron chi connectivity index (χ3n) is 2.12. The first-order chi connectivity index (χ1) is 7.49. The summed E-state index contributed by atoms with van der Waals surface area (Å²) in [6.07, 6.45) is -0.653. The lowest BCUT2D eigenvalue weighted by atomic mass is 10.1. The van der Waals surface area contributed by atoms with Gasteiger partial charge in [0.05, 0.1) is 5.54 Å². The zero-order valence-corrected chi connectivity index (χ0v) is 11.7. The molecule has 2 N–H and O–H groups in total. The Morgan fingerprint density at radius 2 is 1.59 bits per heavy atom. The van der Waals surface area contributed by atoms with Crippen LogP contribution in [0.4, 0.5) is 4.79 Å². The molecule has 17 heavy (non-hydrogen) atoms. The summed E-state index contributed by atoms with van der Waals surface area (Å²) < 4.78 is 5.04. The van der Waals surface area contributed by atoms with Crippen LogP contribution in [0.2, 0.25) is 0 Å². The van der Waals surface area contributed by atoms with E-state index in [0.717, 1.165) is 5.01 Å². The van der Waals surface area contributed by atoms with Crippen molar-refractivity contribution in [1.29, 1.82) is 0 Å². The van der Waals surface area contributed by atoms with Crippen molar-refractivity contribution in [2.45, 2.75) is 45.8 Å².